The van der Waals surface area contributed by atoms with E-state index >= 15 is 0 Å². The van der Waals surface area contributed by atoms with Crippen LogP contribution < -0.4 is 5.14 Å². The Hall–Kier alpha value is -2.37. The lowest BCUT2D eigenvalue weighted by atomic mass is 10.1. The SMILES string of the molecule is C=Cc1cc(S(N)(=O)=O)cc2cc(-c3ccccc3C)oc12. The van der Waals surface area contributed by atoms with Gasteiger partial charge in [-0.25, -0.2) is 13.6 Å². The van der Waals surface area contributed by atoms with Crippen LogP contribution in [0.5, 0.6) is 0 Å². The van der Waals surface area contributed by atoms with Crippen LogP contribution >= 0.6 is 0 Å². The van der Waals surface area contributed by atoms with Crippen molar-refractivity contribution in [1.82, 2.24) is 0 Å². The van der Waals surface area contributed by atoms with Crippen LogP contribution in [0, 0.1) is 6.92 Å². The minimum Gasteiger partial charge on any atom is -0.455 e. The van der Waals surface area contributed by atoms with Crippen LogP contribution in [0.25, 0.3) is 28.4 Å². The first kappa shape index (κ1) is 14.6. The van der Waals surface area contributed by atoms with Crippen LogP contribution in [0.4, 0.5) is 0 Å². The fourth-order valence-electron chi connectivity index (χ4n) is 2.45. The van der Waals surface area contributed by atoms with E-state index in [4.69, 9.17) is 9.56 Å². The number of benzene rings is 2. The summed E-state index contributed by atoms with van der Waals surface area (Å²) < 4.78 is 29.1. The quantitative estimate of drug-likeness (QED) is 0.801. The largest absolute Gasteiger partial charge is 0.455 e. The van der Waals surface area contributed by atoms with Crippen molar-refractivity contribution in [3.63, 3.8) is 0 Å². The van der Waals surface area contributed by atoms with Gasteiger partial charge in [0, 0.05) is 16.5 Å². The first-order valence-corrected chi connectivity index (χ1v) is 8.23. The van der Waals surface area contributed by atoms with Gasteiger partial charge in [-0.05, 0) is 30.7 Å². The minimum absolute atomic E-state index is 0.0482. The second-order valence-corrected chi connectivity index (χ2v) is 6.67. The van der Waals surface area contributed by atoms with Gasteiger partial charge in [-0.15, -0.1) is 0 Å². The fraction of sp³-hybridized carbons (Fsp3) is 0.0588. The number of nitrogens with two attached hydrogens (primary N) is 1. The van der Waals surface area contributed by atoms with Gasteiger partial charge < -0.3 is 4.42 Å². The third-order valence-electron chi connectivity index (χ3n) is 3.58. The van der Waals surface area contributed by atoms with E-state index in [0.29, 0.717) is 22.3 Å². The summed E-state index contributed by atoms with van der Waals surface area (Å²) in [7, 11) is -3.78. The molecule has 0 spiro atoms. The van der Waals surface area contributed by atoms with Crippen LogP contribution in [0.2, 0.25) is 0 Å². The molecular formula is C17H15NO3S. The van der Waals surface area contributed by atoms with E-state index < -0.39 is 10.0 Å². The lowest BCUT2D eigenvalue weighted by molar-refractivity contribution is 0.598. The first-order valence-electron chi connectivity index (χ1n) is 6.69. The molecule has 0 radical (unpaired) electrons. The predicted octanol–water partition coefficient (Wildman–Crippen LogP) is 3.70. The summed E-state index contributed by atoms with van der Waals surface area (Å²) in [4.78, 5) is 0.0482. The van der Waals surface area contributed by atoms with Crippen molar-refractivity contribution in [3.8, 4) is 11.3 Å². The molecule has 2 aromatic carbocycles. The molecule has 3 aromatic rings. The molecule has 0 atom stereocenters. The number of primary sulfonamides is 1. The number of hydrogen-bond donors (Lipinski definition) is 1. The van der Waals surface area contributed by atoms with Gasteiger partial charge in [0.2, 0.25) is 10.0 Å². The summed E-state index contributed by atoms with van der Waals surface area (Å²) in [6.45, 7) is 5.70. The summed E-state index contributed by atoms with van der Waals surface area (Å²) in [6.07, 6.45) is 1.56. The van der Waals surface area contributed by atoms with Crippen molar-refractivity contribution in [2.75, 3.05) is 0 Å². The van der Waals surface area contributed by atoms with E-state index in [1.165, 1.54) is 12.1 Å². The average Bonchev–Trinajstić information content (AvgIpc) is 2.89. The van der Waals surface area contributed by atoms with Crippen LogP contribution in [0.1, 0.15) is 11.1 Å². The molecule has 4 nitrogen and oxygen atoms in total. The maximum atomic E-state index is 11.6. The zero-order valence-electron chi connectivity index (χ0n) is 12.0. The smallest absolute Gasteiger partial charge is 0.238 e. The first-order chi connectivity index (χ1) is 10.4. The monoisotopic (exact) mass is 313 g/mol. The van der Waals surface area contributed by atoms with Crippen LogP contribution in [-0.2, 0) is 10.0 Å². The molecule has 0 saturated heterocycles. The number of sulfonamides is 1. The highest BCUT2D eigenvalue weighted by Crippen LogP contribution is 2.33. The Labute approximate surface area is 128 Å². The Morgan fingerprint density at radius 1 is 1.18 bits per heavy atom. The lowest BCUT2D eigenvalue weighted by Crippen LogP contribution is -2.12. The molecule has 1 aromatic heterocycles. The Bertz CT molecular complexity index is 984. The number of hydrogen-bond acceptors (Lipinski definition) is 3. The molecule has 0 aliphatic heterocycles. The second kappa shape index (κ2) is 5.12. The zero-order chi connectivity index (χ0) is 15.9. The molecule has 2 N–H and O–H groups in total. The molecule has 22 heavy (non-hydrogen) atoms. The van der Waals surface area contributed by atoms with Crippen molar-refractivity contribution in [3.05, 3.63) is 60.2 Å². The fourth-order valence-corrected chi connectivity index (χ4v) is 3.03. The van der Waals surface area contributed by atoms with Gasteiger partial charge in [0.25, 0.3) is 0 Å². The van der Waals surface area contributed by atoms with E-state index in [2.05, 4.69) is 6.58 Å². The van der Waals surface area contributed by atoms with Crippen LogP contribution in [0.3, 0.4) is 0 Å². The van der Waals surface area contributed by atoms with E-state index in [1.807, 2.05) is 37.3 Å². The third kappa shape index (κ3) is 2.45. The van der Waals surface area contributed by atoms with Crippen molar-refractivity contribution in [2.45, 2.75) is 11.8 Å². The number of fused-ring (bicyclic) bond motifs is 1. The summed E-state index contributed by atoms with van der Waals surface area (Å²) in [6, 6.07) is 12.6. The lowest BCUT2D eigenvalue weighted by Gasteiger charge is -2.02. The molecule has 0 bridgehead atoms. The normalized spacial score (nSPS) is 11.7. The van der Waals surface area contributed by atoms with Crippen molar-refractivity contribution in [1.29, 1.82) is 0 Å². The third-order valence-corrected chi connectivity index (χ3v) is 4.47. The Morgan fingerprint density at radius 2 is 1.91 bits per heavy atom. The summed E-state index contributed by atoms with van der Waals surface area (Å²) >= 11 is 0. The topological polar surface area (TPSA) is 73.3 Å². The van der Waals surface area contributed by atoms with Gasteiger partial charge >= 0.3 is 0 Å². The van der Waals surface area contributed by atoms with E-state index in [0.717, 1.165) is 11.1 Å². The molecule has 0 saturated carbocycles. The molecule has 0 aliphatic rings. The predicted molar refractivity (Wildman–Crippen MR) is 87.9 cm³/mol. The van der Waals surface area contributed by atoms with E-state index in [1.54, 1.807) is 6.08 Å². The second-order valence-electron chi connectivity index (χ2n) is 5.11. The van der Waals surface area contributed by atoms with E-state index in [-0.39, 0.29) is 4.90 Å². The summed E-state index contributed by atoms with van der Waals surface area (Å²) in [5.74, 6) is 0.683. The molecule has 1 heterocycles. The van der Waals surface area contributed by atoms with Crippen LogP contribution in [0.15, 0.2) is 58.4 Å². The number of aryl methyl sites for hydroxylation is 1. The molecule has 112 valence electrons. The Kier molecular flexibility index (Phi) is 3.39. The molecule has 0 unspecified atom stereocenters. The maximum Gasteiger partial charge on any atom is 0.238 e. The highest BCUT2D eigenvalue weighted by molar-refractivity contribution is 7.89. The summed E-state index contributed by atoms with van der Waals surface area (Å²) in [5.41, 5.74) is 3.24. The maximum absolute atomic E-state index is 11.6. The highest BCUT2D eigenvalue weighted by atomic mass is 32.2. The standard InChI is InChI=1S/C17H15NO3S/c1-3-12-8-14(22(18,19)20)9-13-10-16(21-17(12)13)15-7-5-4-6-11(15)2/h3-10H,1H2,2H3,(H2,18,19,20). The highest BCUT2D eigenvalue weighted by Gasteiger charge is 2.15. The van der Waals surface area contributed by atoms with Gasteiger partial charge in [0.05, 0.1) is 4.90 Å². The zero-order valence-corrected chi connectivity index (χ0v) is 12.9. The van der Waals surface area contributed by atoms with Crippen molar-refractivity contribution < 1.29 is 12.8 Å². The van der Waals surface area contributed by atoms with Crippen LogP contribution in [-0.4, -0.2) is 8.42 Å². The molecule has 5 heteroatoms. The molecule has 3 rings (SSSR count). The number of rotatable bonds is 3. The van der Waals surface area contributed by atoms with Gasteiger partial charge in [0.15, 0.2) is 0 Å². The average molecular weight is 313 g/mol. The number of furan rings is 1. The van der Waals surface area contributed by atoms with Gasteiger partial charge in [-0.2, -0.15) is 0 Å². The minimum atomic E-state index is -3.78. The molecule has 0 fully saturated rings. The van der Waals surface area contributed by atoms with Gasteiger partial charge in [-0.3, -0.25) is 0 Å². The molecule has 0 amide bonds. The van der Waals surface area contributed by atoms with Gasteiger partial charge in [0.1, 0.15) is 11.3 Å². The van der Waals surface area contributed by atoms with Gasteiger partial charge in [-0.1, -0.05) is 36.9 Å². The van der Waals surface area contributed by atoms with Crippen molar-refractivity contribution >= 4 is 27.1 Å². The summed E-state index contributed by atoms with van der Waals surface area (Å²) in [5, 5.41) is 5.90. The Balaban J connectivity index is 2.30. The molecular weight excluding hydrogens is 298 g/mol. The van der Waals surface area contributed by atoms with E-state index in [9.17, 15) is 8.42 Å². The molecule has 0 aliphatic carbocycles. The van der Waals surface area contributed by atoms with Crippen molar-refractivity contribution in [2.24, 2.45) is 5.14 Å². The Morgan fingerprint density at radius 3 is 2.55 bits per heavy atom.